The Bertz CT molecular complexity index is 549. The molecule has 0 atom stereocenters. The highest BCUT2D eigenvalue weighted by atomic mass is 32.2. The minimum absolute atomic E-state index is 0.199. The summed E-state index contributed by atoms with van der Waals surface area (Å²) in [5, 5.41) is 0. The Kier molecular flexibility index (Phi) is 5.49. The number of hydrogen-bond acceptors (Lipinski definition) is 3. The molecule has 0 radical (unpaired) electrons. The van der Waals surface area contributed by atoms with Crippen LogP contribution in [-0.4, -0.2) is 27.3 Å². The van der Waals surface area contributed by atoms with E-state index in [2.05, 4.69) is 0 Å². The van der Waals surface area contributed by atoms with Crippen molar-refractivity contribution in [1.82, 2.24) is 4.72 Å². The number of nitrogens with one attached hydrogen (secondary N) is 1. The Labute approximate surface area is 114 Å². The van der Waals surface area contributed by atoms with Gasteiger partial charge in [0.2, 0.25) is 10.0 Å². The zero-order chi connectivity index (χ0) is 15.4. The Hall–Kier alpha value is -1.19. The summed E-state index contributed by atoms with van der Waals surface area (Å²) >= 11 is 0. The summed E-state index contributed by atoms with van der Waals surface area (Å²) in [5.41, 5.74) is 6.39. The number of benzene rings is 1. The van der Waals surface area contributed by atoms with Gasteiger partial charge in [-0.1, -0.05) is 24.3 Å². The van der Waals surface area contributed by atoms with E-state index in [9.17, 15) is 26.0 Å². The highest BCUT2D eigenvalue weighted by molar-refractivity contribution is 7.88. The molecule has 20 heavy (non-hydrogen) atoms. The highest BCUT2D eigenvalue weighted by Crippen LogP contribution is 2.22. The van der Waals surface area contributed by atoms with Crippen LogP contribution in [0.1, 0.15) is 11.1 Å². The molecule has 0 aliphatic heterocycles. The van der Waals surface area contributed by atoms with Crippen LogP contribution in [0.15, 0.2) is 24.3 Å². The van der Waals surface area contributed by atoms with Crippen LogP contribution >= 0.6 is 0 Å². The van der Waals surface area contributed by atoms with Gasteiger partial charge in [-0.15, -0.1) is 0 Å². The van der Waals surface area contributed by atoms with Crippen LogP contribution in [-0.2, 0) is 22.3 Å². The van der Waals surface area contributed by atoms with Gasteiger partial charge in [-0.25, -0.2) is 21.9 Å². The first kappa shape index (κ1) is 16.9. The smallest absolute Gasteiger partial charge is 0.320 e. The predicted molar refractivity (Wildman–Crippen MR) is 65.9 cm³/mol. The topological polar surface area (TPSA) is 72.2 Å². The van der Waals surface area contributed by atoms with Crippen molar-refractivity contribution >= 4 is 10.0 Å². The number of alkyl halides is 4. The van der Waals surface area contributed by atoms with Gasteiger partial charge in [0.25, 0.3) is 0 Å². The second-order valence-electron chi connectivity index (χ2n) is 4.17. The van der Waals surface area contributed by atoms with Crippen LogP contribution in [0, 0.1) is 0 Å². The molecule has 0 spiro atoms. The molecule has 1 rings (SSSR count). The first-order chi connectivity index (χ1) is 9.16. The maximum atomic E-state index is 12.6. The third-order valence-corrected chi connectivity index (χ3v) is 3.73. The summed E-state index contributed by atoms with van der Waals surface area (Å²) in [4.78, 5) is 0. The first-order valence-corrected chi connectivity index (χ1v) is 7.23. The van der Waals surface area contributed by atoms with Gasteiger partial charge < -0.3 is 5.73 Å². The average Bonchev–Trinajstić information content (AvgIpc) is 2.36. The van der Waals surface area contributed by atoms with Gasteiger partial charge in [-0.2, -0.15) is 8.78 Å². The molecule has 0 heterocycles. The fourth-order valence-corrected chi connectivity index (χ4v) is 2.53. The monoisotopic (exact) mass is 314 g/mol. The van der Waals surface area contributed by atoms with Gasteiger partial charge in [0, 0.05) is 6.54 Å². The van der Waals surface area contributed by atoms with Crippen LogP contribution in [0.25, 0.3) is 0 Å². The first-order valence-electron chi connectivity index (χ1n) is 5.57. The summed E-state index contributed by atoms with van der Waals surface area (Å²) < 4.78 is 73.7. The lowest BCUT2D eigenvalue weighted by Crippen LogP contribution is -2.41. The lowest BCUT2D eigenvalue weighted by Gasteiger charge is -2.16. The van der Waals surface area contributed by atoms with Crippen LogP contribution in [0.3, 0.4) is 0 Å². The van der Waals surface area contributed by atoms with Crippen molar-refractivity contribution in [3.8, 4) is 0 Å². The minimum atomic E-state index is -4.40. The van der Waals surface area contributed by atoms with Gasteiger partial charge in [-0.05, 0) is 11.1 Å². The van der Waals surface area contributed by atoms with Gasteiger partial charge in [0.05, 0.1) is 12.3 Å². The van der Waals surface area contributed by atoms with E-state index in [0.717, 1.165) is 0 Å². The van der Waals surface area contributed by atoms with Crippen molar-refractivity contribution in [3.05, 3.63) is 35.4 Å². The molecule has 0 aliphatic carbocycles. The second-order valence-corrected chi connectivity index (χ2v) is 5.97. The summed E-state index contributed by atoms with van der Waals surface area (Å²) in [6.45, 7) is -1.44. The van der Waals surface area contributed by atoms with Crippen molar-refractivity contribution < 1.29 is 26.0 Å². The Morgan fingerprint density at radius 1 is 1.25 bits per heavy atom. The van der Waals surface area contributed by atoms with E-state index >= 15 is 0 Å². The maximum Gasteiger partial charge on any atom is 0.320 e. The molecule has 1 aromatic carbocycles. The zero-order valence-electron chi connectivity index (χ0n) is 10.3. The van der Waals surface area contributed by atoms with Crippen molar-refractivity contribution in [3.63, 3.8) is 0 Å². The van der Waals surface area contributed by atoms with Crippen molar-refractivity contribution in [2.75, 3.05) is 6.54 Å². The molecule has 9 heteroatoms. The molecule has 3 N–H and O–H groups in total. The summed E-state index contributed by atoms with van der Waals surface area (Å²) in [5.74, 6) is -4.98. The fourth-order valence-electron chi connectivity index (χ4n) is 1.40. The molecule has 0 saturated heterocycles. The van der Waals surface area contributed by atoms with E-state index in [0.29, 0.717) is 11.1 Å². The molecule has 114 valence electrons. The Morgan fingerprint density at radius 3 is 2.40 bits per heavy atom. The Balaban J connectivity index is 2.70. The highest BCUT2D eigenvalue weighted by Gasteiger charge is 2.41. The molecule has 4 nitrogen and oxygen atoms in total. The quantitative estimate of drug-likeness (QED) is 0.749. The summed E-state index contributed by atoms with van der Waals surface area (Å²) in [6.07, 6.45) is -3.93. The molecule has 0 amide bonds. The van der Waals surface area contributed by atoms with Gasteiger partial charge >= 0.3 is 12.3 Å². The molecule has 0 unspecified atom stereocenters. The van der Waals surface area contributed by atoms with E-state index in [1.807, 2.05) is 0 Å². The predicted octanol–water partition coefficient (Wildman–Crippen LogP) is 1.47. The lowest BCUT2D eigenvalue weighted by atomic mass is 10.1. The number of sulfonamides is 1. The van der Waals surface area contributed by atoms with E-state index < -0.39 is 34.7 Å². The van der Waals surface area contributed by atoms with Crippen molar-refractivity contribution in [2.24, 2.45) is 5.73 Å². The molecule has 0 aliphatic rings. The Morgan fingerprint density at radius 2 is 1.85 bits per heavy atom. The molecule has 0 bridgehead atoms. The van der Waals surface area contributed by atoms with E-state index in [-0.39, 0.29) is 6.54 Å². The normalized spacial score (nSPS) is 12.9. The number of rotatable bonds is 7. The fraction of sp³-hybridized carbons (Fsp3) is 0.455. The number of halogens is 4. The van der Waals surface area contributed by atoms with Gasteiger partial charge in [0.15, 0.2) is 0 Å². The number of nitrogens with two attached hydrogens (primary N) is 1. The van der Waals surface area contributed by atoms with Gasteiger partial charge in [-0.3, -0.25) is 0 Å². The lowest BCUT2D eigenvalue weighted by molar-refractivity contribution is -0.122. The third-order valence-electron chi connectivity index (χ3n) is 2.43. The number of hydrogen-bond donors (Lipinski definition) is 2. The van der Waals surface area contributed by atoms with Crippen LogP contribution in [0.2, 0.25) is 0 Å². The molecule has 1 aromatic rings. The largest absolute Gasteiger partial charge is 0.326 e. The van der Waals surface area contributed by atoms with E-state index in [4.69, 9.17) is 5.73 Å². The zero-order valence-corrected chi connectivity index (χ0v) is 11.1. The average molecular weight is 314 g/mol. The second kappa shape index (κ2) is 6.51. The van der Waals surface area contributed by atoms with Crippen LogP contribution in [0.5, 0.6) is 0 Å². The molecule has 0 fully saturated rings. The molecular weight excluding hydrogens is 300 g/mol. The van der Waals surface area contributed by atoms with Crippen molar-refractivity contribution in [1.29, 1.82) is 0 Å². The SMILES string of the molecule is NCc1cccc(CS(=O)(=O)NCC(F)(F)C(F)F)c1. The van der Waals surface area contributed by atoms with Crippen LogP contribution in [0.4, 0.5) is 17.6 Å². The van der Waals surface area contributed by atoms with Crippen molar-refractivity contribution in [2.45, 2.75) is 24.6 Å². The standard InChI is InChI=1S/C11H14F4N2O2S/c12-10(13)11(14,15)7-17-20(18,19)6-9-3-1-2-8(4-9)5-16/h1-4,10,17H,5-7,16H2. The van der Waals surface area contributed by atoms with E-state index in [1.54, 1.807) is 12.1 Å². The summed E-state index contributed by atoms with van der Waals surface area (Å²) in [7, 11) is -4.13. The third kappa shape index (κ3) is 5.06. The van der Waals surface area contributed by atoms with E-state index in [1.165, 1.54) is 16.9 Å². The van der Waals surface area contributed by atoms with Crippen LogP contribution < -0.4 is 10.5 Å². The van der Waals surface area contributed by atoms with Gasteiger partial charge in [0.1, 0.15) is 0 Å². The molecule has 0 saturated carbocycles. The maximum absolute atomic E-state index is 12.6. The summed E-state index contributed by atoms with van der Waals surface area (Å²) in [6, 6.07) is 6.23. The minimum Gasteiger partial charge on any atom is -0.326 e. The molecular formula is C11H14F4N2O2S. The molecule has 0 aromatic heterocycles.